The van der Waals surface area contributed by atoms with Gasteiger partial charge in [-0.1, -0.05) is 13.8 Å². The highest BCUT2D eigenvalue weighted by Crippen LogP contribution is 2.18. The lowest BCUT2D eigenvalue weighted by atomic mass is 10.2. The van der Waals surface area contributed by atoms with Gasteiger partial charge in [-0.15, -0.1) is 0 Å². The van der Waals surface area contributed by atoms with E-state index in [4.69, 9.17) is 5.73 Å². The number of hydrogen-bond acceptors (Lipinski definition) is 3. The molecule has 4 nitrogen and oxygen atoms in total. The van der Waals surface area contributed by atoms with Crippen molar-refractivity contribution in [3.05, 3.63) is 24.3 Å². The van der Waals surface area contributed by atoms with Crippen molar-refractivity contribution in [2.45, 2.75) is 20.3 Å². The number of anilines is 2. The zero-order valence-electron chi connectivity index (χ0n) is 11.8. The normalized spacial score (nSPS) is 16.6. The minimum atomic E-state index is 0.0862. The van der Waals surface area contributed by atoms with Crippen LogP contribution in [0.15, 0.2) is 24.3 Å². The Kier molecular flexibility index (Phi) is 4.30. The van der Waals surface area contributed by atoms with Crippen molar-refractivity contribution in [2.24, 2.45) is 5.92 Å². The molecule has 0 bridgehead atoms. The Morgan fingerprint density at radius 3 is 2.42 bits per heavy atom. The number of amides is 1. The third kappa shape index (κ3) is 3.40. The SMILES string of the molecule is CC(C)C(=O)N1CCCN(c2ccc(N)cc2)CC1. The van der Waals surface area contributed by atoms with Crippen LogP contribution < -0.4 is 10.6 Å². The second kappa shape index (κ2) is 5.95. The molecule has 4 heteroatoms. The molecule has 0 unspecified atom stereocenters. The van der Waals surface area contributed by atoms with Gasteiger partial charge in [0.25, 0.3) is 0 Å². The fourth-order valence-corrected chi connectivity index (χ4v) is 2.45. The van der Waals surface area contributed by atoms with Crippen LogP contribution in [0.3, 0.4) is 0 Å². The zero-order chi connectivity index (χ0) is 13.8. The molecular weight excluding hydrogens is 238 g/mol. The summed E-state index contributed by atoms with van der Waals surface area (Å²) in [6.45, 7) is 7.48. The predicted octanol–water partition coefficient (Wildman–Crippen LogP) is 1.96. The van der Waals surface area contributed by atoms with Gasteiger partial charge in [-0.3, -0.25) is 4.79 Å². The molecule has 0 radical (unpaired) electrons. The van der Waals surface area contributed by atoms with Crippen molar-refractivity contribution in [3.8, 4) is 0 Å². The first-order valence-electron chi connectivity index (χ1n) is 6.97. The van der Waals surface area contributed by atoms with Crippen LogP contribution in [-0.4, -0.2) is 37.0 Å². The topological polar surface area (TPSA) is 49.6 Å². The second-order valence-corrected chi connectivity index (χ2v) is 5.41. The highest BCUT2D eigenvalue weighted by Gasteiger charge is 2.20. The van der Waals surface area contributed by atoms with E-state index in [0.29, 0.717) is 0 Å². The average Bonchev–Trinajstić information content (AvgIpc) is 2.64. The number of carbonyl (C=O) groups excluding carboxylic acids is 1. The van der Waals surface area contributed by atoms with Gasteiger partial charge in [-0.25, -0.2) is 0 Å². The third-order valence-corrected chi connectivity index (χ3v) is 3.56. The van der Waals surface area contributed by atoms with Gasteiger partial charge in [0.2, 0.25) is 5.91 Å². The first kappa shape index (κ1) is 13.7. The van der Waals surface area contributed by atoms with Gasteiger partial charge in [0.05, 0.1) is 0 Å². The van der Waals surface area contributed by atoms with Crippen LogP contribution in [0.1, 0.15) is 20.3 Å². The first-order valence-corrected chi connectivity index (χ1v) is 6.97. The van der Waals surface area contributed by atoms with E-state index < -0.39 is 0 Å². The van der Waals surface area contributed by atoms with E-state index >= 15 is 0 Å². The summed E-state index contributed by atoms with van der Waals surface area (Å²) in [7, 11) is 0. The summed E-state index contributed by atoms with van der Waals surface area (Å²) in [5.41, 5.74) is 7.69. The van der Waals surface area contributed by atoms with Crippen molar-refractivity contribution in [1.29, 1.82) is 0 Å². The standard InChI is InChI=1S/C15H23N3O/c1-12(2)15(19)18-9-3-8-17(10-11-18)14-6-4-13(16)5-7-14/h4-7,12H,3,8-11,16H2,1-2H3. The molecule has 1 aliphatic rings. The van der Waals surface area contributed by atoms with Gasteiger partial charge in [0, 0.05) is 43.5 Å². The molecular formula is C15H23N3O. The molecule has 1 aromatic carbocycles. The number of rotatable bonds is 2. The molecule has 1 aromatic rings. The van der Waals surface area contributed by atoms with Crippen molar-refractivity contribution >= 4 is 17.3 Å². The summed E-state index contributed by atoms with van der Waals surface area (Å²) < 4.78 is 0. The Morgan fingerprint density at radius 2 is 1.79 bits per heavy atom. The lowest BCUT2D eigenvalue weighted by Gasteiger charge is -2.24. The maximum atomic E-state index is 12.0. The van der Waals surface area contributed by atoms with Gasteiger partial charge in [0.1, 0.15) is 0 Å². The molecule has 19 heavy (non-hydrogen) atoms. The summed E-state index contributed by atoms with van der Waals surface area (Å²) in [5, 5.41) is 0. The number of nitrogens with two attached hydrogens (primary N) is 1. The van der Waals surface area contributed by atoms with Gasteiger partial charge >= 0.3 is 0 Å². The van der Waals surface area contributed by atoms with Crippen LogP contribution in [0.4, 0.5) is 11.4 Å². The molecule has 0 aromatic heterocycles. The highest BCUT2D eigenvalue weighted by atomic mass is 16.2. The first-order chi connectivity index (χ1) is 9.08. The second-order valence-electron chi connectivity index (χ2n) is 5.41. The minimum absolute atomic E-state index is 0.0862. The van der Waals surface area contributed by atoms with Crippen LogP contribution in [0.5, 0.6) is 0 Å². The number of benzene rings is 1. The van der Waals surface area contributed by atoms with Crippen LogP contribution in [0, 0.1) is 5.92 Å². The zero-order valence-corrected chi connectivity index (χ0v) is 11.8. The summed E-state index contributed by atoms with van der Waals surface area (Å²) in [6, 6.07) is 7.96. The fraction of sp³-hybridized carbons (Fsp3) is 0.533. The number of hydrogen-bond donors (Lipinski definition) is 1. The summed E-state index contributed by atoms with van der Waals surface area (Å²) >= 11 is 0. The fourth-order valence-electron chi connectivity index (χ4n) is 2.45. The maximum absolute atomic E-state index is 12.0. The average molecular weight is 261 g/mol. The number of nitrogens with zero attached hydrogens (tertiary/aromatic N) is 2. The Labute approximate surface area is 115 Å². The Hall–Kier alpha value is -1.71. The largest absolute Gasteiger partial charge is 0.399 e. The monoisotopic (exact) mass is 261 g/mol. The molecule has 104 valence electrons. The number of carbonyl (C=O) groups is 1. The Bertz CT molecular complexity index is 428. The molecule has 0 atom stereocenters. The van der Waals surface area contributed by atoms with E-state index in [-0.39, 0.29) is 11.8 Å². The van der Waals surface area contributed by atoms with E-state index in [1.165, 1.54) is 5.69 Å². The van der Waals surface area contributed by atoms with E-state index in [0.717, 1.165) is 38.3 Å². The van der Waals surface area contributed by atoms with Gasteiger partial charge in [-0.05, 0) is 30.7 Å². The number of nitrogen functional groups attached to an aromatic ring is 1. The molecule has 0 aliphatic carbocycles. The molecule has 1 amide bonds. The molecule has 2 N–H and O–H groups in total. The quantitative estimate of drug-likeness (QED) is 0.828. The van der Waals surface area contributed by atoms with E-state index in [1.54, 1.807) is 0 Å². The lowest BCUT2D eigenvalue weighted by molar-refractivity contribution is -0.134. The van der Waals surface area contributed by atoms with E-state index in [9.17, 15) is 4.79 Å². The molecule has 1 heterocycles. The van der Waals surface area contributed by atoms with E-state index in [2.05, 4.69) is 17.0 Å². The lowest BCUT2D eigenvalue weighted by Crippen LogP contribution is -2.37. The van der Waals surface area contributed by atoms with E-state index in [1.807, 2.05) is 30.9 Å². The molecule has 2 rings (SSSR count). The Balaban J connectivity index is 2.00. The molecule has 0 spiro atoms. The van der Waals surface area contributed by atoms with Gasteiger partial charge in [-0.2, -0.15) is 0 Å². The van der Waals surface area contributed by atoms with Crippen LogP contribution >= 0.6 is 0 Å². The van der Waals surface area contributed by atoms with Crippen molar-refractivity contribution in [2.75, 3.05) is 36.8 Å². The summed E-state index contributed by atoms with van der Waals surface area (Å²) in [6.07, 6.45) is 1.02. The smallest absolute Gasteiger partial charge is 0.225 e. The van der Waals surface area contributed by atoms with Crippen molar-refractivity contribution in [1.82, 2.24) is 4.90 Å². The highest BCUT2D eigenvalue weighted by molar-refractivity contribution is 5.78. The molecule has 0 saturated carbocycles. The summed E-state index contributed by atoms with van der Waals surface area (Å²) in [5.74, 6) is 0.349. The van der Waals surface area contributed by atoms with Crippen molar-refractivity contribution in [3.63, 3.8) is 0 Å². The van der Waals surface area contributed by atoms with Gasteiger partial charge in [0.15, 0.2) is 0 Å². The molecule has 1 saturated heterocycles. The summed E-state index contributed by atoms with van der Waals surface area (Å²) in [4.78, 5) is 16.3. The molecule has 1 fully saturated rings. The van der Waals surface area contributed by atoms with Crippen LogP contribution in [0.25, 0.3) is 0 Å². The maximum Gasteiger partial charge on any atom is 0.225 e. The van der Waals surface area contributed by atoms with Crippen LogP contribution in [-0.2, 0) is 4.79 Å². The predicted molar refractivity (Wildman–Crippen MR) is 79.1 cm³/mol. The van der Waals surface area contributed by atoms with Crippen molar-refractivity contribution < 1.29 is 4.79 Å². The minimum Gasteiger partial charge on any atom is -0.399 e. The van der Waals surface area contributed by atoms with Gasteiger partial charge < -0.3 is 15.5 Å². The molecule has 1 aliphatic heterocycles. The third-order valence-electron chi connectivity index (χ3n) is 3.56. The Morgan fingerprint density at radius 1 is 1.11 bits per heavy atom. The van der Waals surface area contributed by atoms with Crippen LogP contribution in [0.2, 0.25) is 0 Å².